The molecule has 1 amide bonds. The summed E-state index contributed by atoms with van der Waals surface area (Å²) in [6.45, 7) is 2.99. The Morgan fingerprint density at radius 1 is 1.30 bits per heavy atom. The molecule has 3 N–H and O–H groups in total. The van der Waals surface area contributed by atoms with E-state index >= 15 is 0 Å². The quantitative estimate of drug-likeness (QED) is 0.887. The standard InChI is InChI=1S/C17H23N5O/c1-2-5-14(18)17(23)19-13-9-7-12(8-10-13)16-21-20-15-6-3-4-11-22(15)16/h7-10,14H,2-6,11,18H2,1H3,(H,19,23). The van der Waals surface area contributed by atoms with Crippen LogP contribution in [-0.4, -0.2) is 26.7 Å². The summed E-state index contributed by atoms with van der Waals surface area (Å²) in [5.41, 5.74) is 7.59. The number of fused-ring (bicyclic) bond motifs is 1. The van der Waals surface area contributed by atoms with E-state index in [2.05, 4.69) is 20.1 Å². The molecule has 0 radical (unpaired) electrons. The summed E-state index contributed by atoms with van der Waals surface area (Å²) >= 11 is 0. The minimum Gasteiger partial charge on any atom is -0.325 e. The largest absolute Gasteiger partial charge is 0.325 e. The summed E-state index contributed by atoms with van der Waals surface area (Å²) in [6.07, 6.45) is 4.93. The zero-order valence-corrected chi connectivity index (χ0v) is 13.5. The molecule has 23 heavy (non-hydrogen) atoms. The van der Waals surface area contributed by atoms with Crippen LogP contribution in [0.5, 0.6) is 0 Å². The van der Waals surface area contributed by atoms with Gasteiger partial charge in [0.1, 0.15) is 5.82 Å². The number of nitrogens with two attached hydrogens (primary N) is 1. The number of aryl methyl sites for hydroxylation is 1. The van der Waals surface area contributed by atoms with E-state index in [9.17, 15) is 4.79 Å². The Morgan fingerprint density at radius 2 is 2.09 bits per heavy atom. The number of nitrogens with zero attached hydrogens (tertiary/aromatic N) is 3. The Hall–Kier alpha value is -2.21. The van der Waals surface area contributed by atoms with Gasteiger partial charge in [-0.05, 0) is 43.5 Å². The molecule has 6 nitrogen and oxygen atoms in total. The molecule has 2 heterocycles. The predicted octanol–water partition coefficient (Wildman–Crippen LogP) is 2.35. The van der Waals surface area contributed by atoms with Gasteiger partial charge in [-0.15, -0.1) is 10.2 Å². The van der Waals surface area contributed by atoms with Crippen molar-refractivity contribution in [1.82, 2.24) is 14.8 Å². The van der Waals surface area contributed by atoms with E-state index in [1.807, 2.05) is 31.2 Å². The number of carbonyl (C=O) groups excluding carboxylic acids is 1. The van der Waals surface area contributed by atoms with Gasteiger partial charge in [0.25, 0.3) is 0 Å². The predicted molar refractivity (Wildman–Crippen MR) is 89.9 cm³/mol. The fourth-order valence-electron chi connectivity index (χ4n) is 2.90. The number of rotatable bonds is 5. The molecule has 3 rings (SSSR count). The number of hydrogen-bond acceptors (Lipinski definition) is 4. The van der Waals surface area contributed by atoms with Gasteiger partial charge >= 0.3 is 0 Å². The molecule has 1 atom stereocenters. The van der Waals surface area contributed by atoms with Gasteiger partial charge in [0.15, 0.2) is 5.82 Å². The van der Waals surface area contributed by atoms with E-state index in [-0.39, 0.29) is 5.91 Å². The summed E-state index contributed by atoms with van der Waals surface area (Å²) < 4.78 is 2.19. The average molecular weight is 313 g/mol. The van der Waals surface area contributed by atoms with Crippen molar-refractivity contribution in [2.75, 3.05) is 5.32 Å². The zero-order chi connectivity index (χ0) is 16.2. The molecular formula is C17H23N5O. The Bertz CT molecular complexity index is 677. The Morgan fingerprint density at radius 3 is 2.83 bits per heavy atom. The molecule has 0 saturated carbocycles. The summed E-state index contributed by atoms with van der Waals surface area (Å²) in [5.74, 6) is 1.83. The lowest BCUT2D eigenvalue weighted by Gasteiger charge is -2.15. The van der Waals surface area contributed by atoms with Gasteiger partial charge < -0.3 is 15.6 Å². The first-order chi connectivity index (χ1) is 11.2. The maximum atomic E-state index is 11.9. The van der Waals surface area contributed by atoms with Crippen LogP contribution in [0.15, 0.2) is 24.3 Å². The van der Waals surface area contributed by atoms with E-state index in [1.165, 1.54) is 12.8 Å². The normalized spacial score (nSPS) is 15.0. The highest BCUT2D eigenvalue weighted by atomic mass is 16.2. The van der Waals surface area contributed by atoms with Crippen LogP contribution in [0.25, 0.3) is 11.4 Å². The third kappa shape index (κ3) is 3.42. The highest BCUT2D eigenvalue weighted by Crippen LogP contribution is 2.24. The van der Waals surface area contributed by atoms with Crippen LogP contribution >= 0.6 is 0 Å². The molecule has 1 aliphatic rings. The lowest BCUT2D eigenvalue weighted by atomic mass is 10.1. The van der Waals surface area contributed by atoms with E-state index in [0.717, 1.165) is 42.3 Å². The third-order valence-electron chi connectivity index (χ3n) is 4.21. The van der Waals surface area contributed by atoms with Crippen molar-refractivity contribution in [3.8, 4) is 11.4 Å². The summed E-state index contributed by atoms with van der Waals surface area (Å²) in [5, 5.41) is 11.4. The van der Waals surface area contributed by atoms with Crippen LogP contribution < -0.4 is 11.1 Å². The topological polar surface area (TPSA) is 85.8 Å². The van der Waals surface area contributed by atoms with Gasteiger partial charge in [0.2, 0.25) is 5.91 Å². The lowest BCUT2D eigenvalue weighted by Crippen LogP contribution is -2.35. The highest BCUT2D eigenvalue weighted by molar-refractivity contribution is 5.94. The smallest absolute Gasteiger partial charge is 0.241 e. The molecule has 0 saturated heterocycles. The van der Waals surface area contributed by atoms with Gasteiger partial charge in [0, 0.05) is 24.2 Å². The van der Waals surface area contributed by atoms with Crippen LogP contribution in [-0.2, 0) is 17.8 Å². The first kappa shape index (κ1) is 15.7. The van der Waals surface area contributed by atoms with Crippen LogP contribution in [0, 0.1) is 0 Å². The van der Waals surface area contributed by atoms with Crippen LogP contribution in [0.2, 0.25) is 0 Å². The van der Waals surface area contributed by atoms with E-state index in [4.69, 9.17) is 5.73 Å². The average Bonchev–Trinajstić information content (AvgIpc) is 3.00. The summed E-state index contributed by atoms with van der Waals surface area (Å²) in [4.78, 5) is 11.9. The lowest BCUT2D eigenvalue weighted by molar-refractivity contribution is -0.117. The molecule has 122 valence electrons. The third-order valence-corrected chi connectivity index (χ3v) is 4.21. The molecule has 1 aliphatic heterocycles. The fourth-order valence-corrected chi connectivity index (χ4v) is 2.90. The molecule has 1 aromatic carbocycles. The molecule has 1 aromatic heterocycles. The van der Waals surface area contributed by atoms with Crippen LogP contribution in [0.4, 0.5) is 5.69 Å². The minimum absolute atomic E-state index is 0.139. The monoisotopic (exact) mass is 313 g/mol. The van der Waals surface area contributed by atoms with Gasteiger partial charge in [-0.2, -0.15) is 0 Å². The molecule has 6 heteroatoms. The first-order valence-electron chi connectivity index (χ1n) is 8.28. The van der Waals surface area contributed by atoms with Gasteiger partial charge in [0.05, 0.1) is 6.04 Å². The van der Waals surface area contributed by atoms with Crippen molar-refractivity contribution in [1.29, 1.82) is 0 Å². The Labute approximate surface area is 136 Å². The van der Waals surface area contributed by atoms with Crippen molar-refractivity contribution in [3.63, 3.8) is 0 Å². The number of aromatic nitrogens is 3. The van der Waals surface area contributed by atoms with Crippen LogP contribution in [0.3, 0.4) is 0 Å². The van der Waals surface area contributed by atoms with E-state index in [1.54, 1.807) is 0 Å². The molecule has 2 aromatic rings. The first-order valence-corrected chi connectivity index (χ1v) is 8.28. The molecular weight excluding hydrogens is 290 g/mol. The molecule has 1 unspecified atom stereocenters. The van der Waals surface area contributed by atoms with Crippen molar-refractivity contribution in [2.24, 2.45) is 5.73 Å². The second kappa shape index (κ2) is 6.91. The van der Waals surface area contributed by atoms with Crippen molar-refractivity contribution >= 4 is 11.6 Å². The van der Waals surface area contributed by atoms with E-state index < -0.39 is 6.04 Å². The van der Waals surface area contributed by atoms with Crippen molar-refractivity contribution < 1.29 is 4.79 Å². The minimum atomic E-state index is -0.455. The number of anilines is 1. The maximum Gasteiger partial charge on any atom is 0.241 e. The fraction of sp³-hybridized carbons (Fsp3) is 0.471. The zero-order valence-electron chi connectivity index (χ0n) is 13.5. The van der Waals surface area contributed by atoms with Gasteiger partial charge in [-0.3, -0.25) is 4.79 Å². The molecule has 0 fully saturated rings. The van der Waals surface area contributed by atoms with E-state index in [0.29, 0.717) is 6.42 Å². The van der Waals surface area contributed by atoms with Gasteiger partial charge in [-0.1, -0.05) is 13.3 Å². The number of nitrogens with one attached hydrogen (secondary N) is 1. The Balaban J connectivity index is 1.72. The number of hydrogen-bond donors (Lipinski definition) is 2. The molecule has 0 bridgehead atoms. The second-order valence-corrected chi connectivity index (χ2v) is 6.01. The Kier molecular flexibility index (Phi) is 4.71. The SMILES string of the molecule is CCCC(N)C(=O)Nc1ccc(-c2nnc3n2CCCC3)cc1. The van der Waals surface area contributed by atoms with Crippen LogP contribution in [0.1, 0.15) is 38.4 Å². The number of amides is 1. The summed E-state index contributed by atoms with van der Waals surface area (Å²) in [6, 6.07) is 7.25. The van der Waals surface area contributed by atoms with Crippen molar-refractivity contribution in [2.45, 2.75) is 51.6 Å². The van der Waals surface area contributed by atoms with Crippen molar-refractivity contribution in [3.05, 3.63) is 30.1 Å². The number of carbonyl (C=O) groups is 1. The number of benzene rings is 1. The van der Waals surface area contributed by atoms with Gasteiger partial charge in [-0.25, -0.2) is 0 Å². The molecule has 0 spiro atoms. The maximum absolute atomic E-state index is 11.9. The summed E-state index contributed by atoms with van der Waals surface area (Å²) in [7, 11) is 0. The highest BCUT2D eigenvalue weighted by Gasteiger charge is 2.17. The molecule has 0 aliphatic carbocycles. The second-order valence-electron chi connectivity index (χ2n) is 6.01.